The van der Waals surface area contributed by atoms with Crippen LogP contribution in [0.5, 0.6) is 0 Å². The van der Waals surface area contributed by atoms with E-state index in [0.717, 1.165) is 37.6 Å². The highest BCUT2D eigenvalue weighted by molar-refractivity contribution is 5.99. The van der Waals surface area contributed by atoms with Crippen LogP contribution in [0.4, 0.5) is 11.4 Å². The summed E-state index contributed by atoms with van der Waals surface area (Å²) in [5.74, 6) is -0.470. The first-order chi connectivity index (χ1) is 14.1. The van der Waals surface area contributed by atoms with Gasteiger partial charge in [-0.25, -0.2) is 4.98 Å². The molecule has 1 N–H and O–H groups in total. The Labute approximate surface area is 168 Å². The fourth-order valence-electron chi connectivity index (χ4n) is 3.33. The molecule has 0 saturated carbocycles. The van der Waals surface area contributed by atoms with Gasteiger partial charge >= 0.3 is 0 Å². The van der Waals surface area contributed by atoms with E-state index in [1.165, 1.54) is 4.90 Å². The van der Waals surface area contributed by atoms with Crippen LogP contribution in [0.1, 0.15) is 10.4 Å². The van der Waals surface area contributed by atoms with Crippen molar-refractivity contribution in [2.24, 2.45) is 0 Å². The van der Waals surface area contributed by atoms with Crippen LogP contribution in [-0.4, -0.2) is 66.0 Å². The molecule has 1 aliphatic rings. The first-order valence-electron chi connectivity index (χ1n) is 9.51. The maximum absolute atomic E-state index is 12.6. The highest BCUT2D eigenvalue weighted by Gasteiger charge is 2.16. The molecule has 0 atom stereocenters. The third kappa shape index (κ3) is 4.38. The number of rotatable bonds is 5. The molecule has 3 heterocycles. The van der Waals surface area contributed by atoms with Crippen molar-refractivity contribution in [2.45, 2.75) is 0 Å². The van der Waals surface area contributed by atoms with Crippen LogP contribution in [0.15, 0.2) is 55.0 Å². The number of carbonyl (C=O) groups is 2. The van der Waals surface area contributed by atoms with Crippen molar-refractivity contribution in [3.8, 4) is 0 Å². The minimum atomic E-state index is -0.247. The number of pyridine rings is 1. The molecule has 0 radical (unpaired) electrons. The molecule has 1 saturated heterocycles. The van der Waals surface area contributed by atoms with E-state index in [-0.39, 0.29) is 18.4 Å². The van der Waals surface area contributed by atoms with Gasteiger partial charge in [-0.15, -0.1) is 0 Å². The molecule has 4 rings (SSSR count). The Morgan fingerprint density at radius 3 is 2.66 bits per heavy atom. The van der Waals surface area contributed by atoms with Crippen molar-refractivity contribution in [1.29, 1.82) is 0 Å². The van der Waals surface area contributed by atoms with E-state index in [0.29, 0.717) is 11.3 Å². The minimum Gasteiger partial charge on any atom is -0.378 e. The molecule has 2 aromatic heterocycles. The van der Waals surface area contributed by atoms with Gasteiger partial charge in [0.15, 0.2) is 0 Å². The Hall–Kier alpha value is -3.39. The van der Waals surface area contributed by atoms with Gasteiger partial charge in [0.2, 0.25) is 5.91 Å². The smallest absolute Gasteiger partial charge is 0.255 e. The first kappa shape index (κ1) is 18.9. The van der Waals surface area contributed by atoms with E-state index in [4.69, 9.17) is 4.74 Å². The lowest BCUT2D eigenvalue weighted by Crippen LogP contribution is -2.36. The molecule has 0 unspecified atom stereocenters. The van der Waals surface area contributed by atoms with E-state index >= 15 is 0 Å². The van der Waals surface area contributed by atoms with Crippen LogP contribution in [0.25, 0.3) is 5.65 Å². The molecule has 0 aliphatic carbocycles. The number of carbonyl (C=O) groups excluding carboxylic acids is 2. The van der Waals surface area contributed by atoms with Gasteiger partial charge in [-0.3, -0.25) is 9.59 Å². The molecule has 0 spiro atoms. The Morgan fingerprint density at radius 2 is 1.90 bits per heavy atom. The lowest BCUT2D eigenvalue weighted by Gasteiger charge is -2.28. The number of aromatic nitrogens is 2. The number of nitrogens with one attached hydrogen (secondary N) is 1. The zero-order valence-corrected chi connectivity index (χ0v) is 16.2. The molecule has 8 heteroatoms. The highest BCUT2D eigenvalue weighted by Crippen LogP contribution is 2.19. The number of ether oxygens (including phenoxy) is 1. The van der Waals surface area contributed by atoms with Crippen LogP contribution in [0.3, 0.4) is 0 Å². The standard InChI is InChI=1S/C21H23N5O3/c1-24(21(28)16-2-7-19-22-8-9-26(19)14-16)15-20(27)23-17-3-5-18(6-4-17)25-10-12-29-13-11-25/h2-9,14H,10-13,15H2,1H3,(H,23,27). The second-order valence-corrected chi connectivity index (χ2v) is 6.97. The second kappa shape index (κ2) is 8.32. The number of likely N-dealkylation sites (N-methyl/N-ethyl adjacent to an activating group) is 1. The van der Waals surface area contributed by atoms with Crippen molar-refractivity contribution < 1.29 is 14.3 Å². The van der Waals surface area contributed by atoms with Gasteiger partial charge < -0.3 is 24.3 Å². The second-order valence-electron chi connectivity index (χ2n) is 6.97. The average molecular weight is 393 g/mol. The van der Waals surface area contributed by atoms with Gasteiger partial charge in [0, 0.05) is 50.1 Å². The Balaban J connectivity index is 1.34. The summed E-state index contributed by atoms with van der Waals surface area (Å²) < 4.78 is 7.14. The molecule has 1 fully saturated rings. The molecule has 3 aromatic rings. The van der Waals surface area contributed by atoms with Crippen molar-refractivity contribution in [3.63, 3.8) is 0 Å². The van der Waals surface area contributed by atoms with Gasteiger partial charge in [-0.05, 0) is 36.4 Å². The topological polar surface area (TPSA) is 79.2 Å². The SMILES string of the molecule is CN(CC(=O)Nc1ccc(N2CCOCC2)cc1)C(=O)c1ccc2nccn2c1. The van der Waals surface area contributed by atoms with Gasteiger partial charge in [0.25, 0.3) is 5.91 Å². The normalized spacial score (nSPS) is 14.0. The van der Waals surface area contributed by atoms with Gasteiger partial charge in [0.1, 0.15) is 5.65 Å². The van der Waals surface area contributed by atoms with Crippen molar-refractivity contribution in [3.05, 3.63) is 60.6 Å². The molecule has 150 valence electrons. The lowest BCUT2D eigenvalue weighted by molar-refractivity contribution is -0.116. The maximum atomic E-state index is 12.6. The van der Waals surface area contributed by atoms with Crippen molar-refractivity contribution in [1.82, 2.24) is 14.3 Å². The van der Waals surface area contributed by atoms with E-state index in [1.807, 2.05) is 24.3 Å². The minimum absolute atomic E-state index is 0.0357. The van der Waals surface area contributed by atoms with Crippen LogP contribution in [-0.2, 0) is 9.53 Å². The molecular formula is C21H23N5O3. The molecular weight excluding hydrogens is 370 g/mol. The van der Waals surface area contributed by atoms with Crippen molar-refractivity contribution in [2.75, 3.05) is 50.1 Å². The van der Waals surface area contributed by atoms with E-state index < -0.39 is 0 Å². The largest absolute Gasteiger partial charge is 0.378 e. The zero-order valence-electron chi connectivity index (χ0n) is 16.2. The summed E-state index contributed by atoms with van der Waals surface area (Å²) >= 11 is 0. The predicted octanol–water partition coefficient (Wildman–Crippen LogP) is 1.88. The Bertz CT molecular complexity index is 1010. The quantitative estimate of drug-likeness (QED) is 0.716. The summed E-state index contributed by atoms with van der Waals surface area (Å²) in [7, 11) is 1.61. The zero-order chi connectivity index (χ0) is 20.2. The fourth-order valence-corrected chi connectivity index (χ4v) is 3.33. The third-order valence-electron chi connectivity index (χ3n) is 4.89. The van der Waals surface area contributed by atoms with Crippen LogP contribution < -0.4 is 10.2 Å². The summed E-state index contributed by atoms with van der Waals surface area (Å²) in [6.45, 7) is 3.15. The van der Waals surface area contributed by atoms with E-state index in [9.17, 15) is 9.59 Å². The van der Waals surface area contributed by atoms with E-state index in [2.05, 4.69) is 15.2 Å². The van der Waals surface area contributed by atoms with E-state index in [1.54, 1.807) is 42.2 Å². The summed E-state index contributed by atoms with van der Waals surface area (Å²) in [5.41, 5.74) is 3.07. The molecule has 2 amide bonds. The number of hydrogen-bond acceptors (Lipinski definition) is 5. The average Bonchev–Trinajstić information content (AvgIpc) is 3.22. The van der Waals surface area contributed by atoms with Crippen molar-refractivity contribution >= 4 is 28.8 Å². The third-order valence-corrected chi connectivity index (χ3v) is 4.89. The first-order valence-corrected chi connectivity index (χ1v) is 9.51. The lowest BCUT2D eigenvalue weighted by atomic mass is 10.2. The molecule has 1 aliphatic heterocycles. The monoisotopic (exact) mass is 393 g/mol. The number of imidazole rings is 1. The molecule has 1 aromatic carbocycles. The summed E-state index contributed by atoms with van der Waals surface area (Å²) in [4.78, 5) is 32.8. The predicted molar refractivity (Wildman–Crippen MR) is 110 cm³/mol. The number of morpholine rings is 1. The number of anilines is 2. The highest BCUT2D eigenvalue weighted by atomic mass is 16.5. The summed E-state index contributed by atoms with van der Waals surface area (Å²) in [6.07, 6.45) is 5.16. The molecule has 29 heavy (non-hydrogen) atoms. The van der Waals surface area contributed by atoms with Crippen LogP contribution in [0.2, 0.25) is 0 Å². The Kier molecular flexibility index (Phi) is 5.44. The molecule has 0 bridgehead atoms. The summed E-state index contributed by atoms with van der Waals surface area (Å²) in [6, 6.07) is 11.2. The molecule has 8 nitrogen and oxygen atoms in total. The number of fused-ring (bicyclic) bond motifs is 1. The van der Waals surface area contributed by atoms with Crippen LogP contribution in [0, 0.1) is 0 Å². The number of nitrogens with zero attached hydrogens (tertiary/aromatic N) is 4. The number of benzene rings is 1. The fraction of sp³-hybridized carbons (Fsp3) is 0.286. The number of hydrogen-bond donors (Lipinski definition) is 1. The van der Waals surface area contributed by atoms with Gasteiger partial charge in [-0.1, -0.05) is 0 Å². The summed E-state index contributed by atoms with van der Waals surface area (Å²) in [5, 5.41) is 2.84. The van der Waals surface area contributed by atoms with Gasteiger partial charge in [-0.2, -0.15) is 0 Å². The number of amides is 2. The van der Waals surface area contributed by atoms with Crippen LogP contribution >= 0.6 is 0 Å². The Morgan fingerprint density at radius 1 is 1.14 bits per heavy atom. The maximum Gasteiger partial charge on any atom is 0.255 e. The van der Waals surface area contributed by atoms with Gasteiger partial charge in [0.05, 0.1) is 25.3 Å².